The van der Waals surface area contributed by atoms with E-state index in [4.69, 9.17) is 0 Å². The van der Waals surface area contributed by atoms with Crippen LogP contribution in [0.15, 0.2) is 42.9 Å². The number of carbonyl (C=O) groups excluding carboxylic acids is 4. The smallest absolute Gasteiger partial charge is 0.239 e. The molecule has 11 nitrogen and oxygen atoms in total. The lowest BCUT2D eigenvalue weighted by atomic mass is 10.1. The van der Waals surface area contributed by atoms with Gasteiger partial charge in [-0.15, -0.1) is 0 Å². The second-order valence-corrected chi connectivity index (χ2v) is 7.20. The number of rotatable bonds is 3. The Balaban J connectivity index is 2.06. The molecular weight excluding hydrogens is 426 g/mol. The van der Waals surface area contributed by atoms with Gasteiger partial charge < -0.3 is 0 Å². The van der Waals surface area contributed by atoms with Gasteiger partial charge in [-0.1, -0.05) is 0 Å². The van der Waals surface area contributed by atoms with Gasteiger partial charge in [0.2, 0.25) is 35.5 Å². The molecule has 0 unspecified atom stereocenters. The van der Waals surface area contributed by atoms with E-state index in [1.54, 1.807) is 28.8 Å². The van der Waals surface area contributed by atoms with Gasteiger partial charge >= 0.3 is 0 Å². The van der Waals surface area contributed by atoms with Crippen molar-refractivity contribution in [2.24, 2.45) is 0 Å². The summed E-state index contributed by atoms with van der Waals surface area (Å²) in [6, 6.07) is 6.90. The predicted octanol–water partition coefficient (Wildman–Crippen LogP) is 2.14. The third kappa shape index (κ3) is 3.59. The molecule has 0 aliphatic rings. The second-order valence-electron chi connectivity index (χ2n) is 7.20. The first kappa shape index (κ1) is 21.7. The summed E-state index contributed by atoms with van der Waals surface area (Å²) < 4.78 is 1.60. The summed E-state index contributed by atoms with van der Waals surface area (Å²) in [5.41, 5.74) is 2.06. The highest BCUT2D eigenvalue weighted by Gasteiger charge is 2.26. The van der Waals surface area contributed by atoms with E-state index >= 15 is 0 Å². The number of carbonyl (C=O) groups is 4. The molecule has 0 radical (unpaired) electrons. The third-order valence-electron chi connectivity index (χ3n) is 4.95. The van der Waals surface area contributed by atoms with Crippen molar-refractivity contribution in [3.05, 3.63) is 42.9 Å². The first-order valence-corrected chi connectivity index (χ1v) is 9.92. The zero-order valence-electron chi connectivity index (χ0n) is 18.3. The van der Waals surface area contributed by atoms with E-state index in [-0.39, 0.29) is 11.9 Å². The van der Waals surface area contributed by atoms with Gasteiger partial charge in [0, 0.05) is 57.2 Å². The van der Waals surface area contributed by atoms with Gasteiger partial charge in [-0.25, -0.2) is 29.7 Å². The number of imide groups is 2. The molecule has 4 amide bonds. The van der Waals surface area contributed by atoms with Crippen molar-refractivity contribution in [3.8, 4) is 11.3 Å². The summed E-state index contributed by atoms with van der Waals surface area (Å²) in [6.45, 7) is 5.05. The van der Waals surface area contributed by atoms with Crippen molar-refractivity contribution in [2.45, 2.75) is 27.7 Å². The first-order chi connectivity index (χ1) is 15.7. The lowest BCUT2D eigenvalue weighted by Gasteiger charge is -2.17. The zero-order valence-corrected chi connectivity index (χ0v) is 18.3. The highest BCUT2D eigenvalue weighted by molar-refractivity contribution is 6.14. The second kappa shape index (κ2) is 8.19. The SMILES string of the molecule is CC(=O)N(C(C)=O)c1nccc(-c2c3cccnc3n3c(N(C(C)=O)C(C)=O)nccc23)n1. The quantitative estimate of drug-likeness (QED) is 0.469. The van der Waals surface area contributed by atoms with Gasteiger partial charge in [-0.05, 0) is 24.3 Å². The molecule has 4 rings (SSSR count). The Morgan fingerprint density at radius 3 is 2.03 bits per heavy atom. The lowest BCUT2D eigenvalue weighted by molar-refractivity contribution is -0.126. The fraction of sp³-hybridized carbons (Fsp3) is 0.182. The molecule has 0 bridgehead atoms. The molecule has 0 aliphatic carbocycles. The largest absolute Gasteiger partial charge is 0.274 e. The molecule has 33 heavy (non-hydrogen) atoms. The molecule has 4 heterocycles. The molecule has 0 aromatic carbocycles. The molecule has 4 aromatic rings. The summed E-state index contributed by atoms with van der Waals surface area (Å²) in [7, 11) is 0. The van der Waals surface area contributed by atoms with Gasteiger partial charge in [0.1, 0.15) is 5.65 Å². The van der Waals surface area contributed by atoms with Gasteiger partial charge in [-0.2, -0.15) is 0 Å². The number of anilines is 2. The first-order valence-electron chi connectivity index (χ1n) is 9.92. The third-order valence-corrected chi connectivity index (χ3v) is 4.95. The van der Waals surface area contributed by atoms with E-state index in [9.17, 15) is 19.2 Å². The highest BCUT2D eigenvalue weighted by atomic mass is 16.2. The Bertz CT molecular complexity index is 1430. The Kier molecular flexibility index (Phi) is 5.38. The average Bonchev–Trinajstić information content (AvgIpc) is 3.08. The molecule has 166 valence electrons. The zero-order chi connectivity index (χ0) is 23.9. The van der Waals surface area contributed by atoms with Crippen molar-refractivity contribution in [2.75, 3.05) is 9.80 Å². The molecule has 4 aromatic heterocycles. The maximum absolute atomic E-state index is 12.2. The van der Waals surface area contributed by atoms with Crippen molar-refractivity contribution in [1.82, 2.24) is 24.3 Å². The van der Waals surface area contributed by atoms with Crippen LogP contribution >= 0.6 is 0 Å². The number of hydrogen-bond acceptors (Lipinski definition) is 8. The minimum atomic E-state index is -0.516. The van der Waals surface area contributed by atoms with E-state index in [0.29, 0.717) is 27.8 Å². The number of pyridine rings is 1. The molecule has 0 saturated carbocycles. The molecular formula is C22H19N7O4. The monoisotopic (exact) mass is 445 g/mol. The van der Waals surface area contributed by atoms with Crippen LogP contribution in [0.5, 0.6) is 0 Å². The van der Waals surface area contributed by atoms with E-state index < -0.39 is 23.6 Å². The number of hydrogen-bond donors (Lipinski definition) is 0. The number of nitrogens with zero attached hydrogens (tertiary/aromatic N) is 7. The van der Waals surface area contributed by atoms with Gasteiger partial charge in [0.15, 0.2) is 0 Å². The summed E-state index contributed by atoms with van der Waals surface area (Å²) >= 11 is 0. The van der Waals surface area contributed by atoms with E-state index in [1.165, 1.54) is 40.1 Å². The van der Waals surface area contributed by atoms with E-state index in [2.05, 4.69) is 19.9 Å². The summed E-state index contributed by atoms with van der Waals surface area (Å²) in [4.78, 5) is 67.6. The van der Waals surface area contributed by atoms with Gasteiger partial charge in [0.25, 0.3) is 0 Å². The minimum absolute atomic E-state index is 0.0627. The number of fused-ring (bicyclic) bond motifs is 3. The molecule has 0 aliphatic heterocycles. The normalized spacial score (nSPS) is 10.9. The molecule has 0 N–H and O–H groups in total. The summed E-state index contributed by atoms with van der Waals surface area (Å²) in [6.07, 6.45) is 4.51. The van der Waals surface area contributed by atoms with Crippen LogP contribution in [0.3, 0.4) is 0 Å². The standard InChI is InChI=1S/C22H19N7O4/c1-12(30)27(13(2)31)21-24-10-7-17(26-21)19-16-6-5-9-23-20(16)29-18(19)8-11-25-22(29)28(14(3)32)15(4)33/h5-11H,1-4H3. The Morgan fingerprint density at radius 2 is 1.39 bits per heavy atom. The van der Waals surface area contributed by atoms with Crippen molar-refractivity contribution >= 4 is 52.1 Å². The lowest BCUT2D eigenvalue weighted by Crippen LogP contribution is -2.35. The minimum Gasteiger partial charge on any atom is -0.274 e. The maximum atomic E-state index is 12.2. The van der Waals surface area contributed by atoms with Gasteiger partial charge in [-0.3, -0.25) is 23.6 Å². The molecule has 0 fully saturated rings. The average molecular weight is 445 g/mol. The molecule has 0 atom stereocenters. The predicted molar refractivity (Wildman–Crippen MR) is 119 cm³/mol. The van der Waals surface area contributed by atoms with E-state index in [0.717, 1.165) is 9.80 Å². The van der Waals surface area contributed by atoms with Crippen LogP contribution in [0.25, 0.3) is 27.8 Å². The van der Waals surface area contributed by atoms with Crippen LogP contribution in [0.1, 0.15) is 27.7 Å². The number of amides is 4. The fourth-order valence-electron chi connectivity index (χ4n) is 3.76. The fourth-order valence-corrected chi connectivity index (χ4v) is 3.76. The van der Waals surface area contributed by atoms with E-state index in [1.807, 2.05) is 6.07 Å². The van der Waals surface area contributed by atoms with Crippen LogP contribution in [0.2, 0.25) is 0 Å². The Hall–Kier alpha value is -4.54. The van der Waals surface area contributed by atoms with Crippen molar-refractivity contribution in [3.63, 3.8) is 0 Å². The maximum Gasteiger partial charge on any atom is 0.239 e. The Morgan fingerprint density at radius 1 is 0.758 bits per heavy atom. The summed E-state index contributed by atoms with van der Waals surface area (Å²) in [5.74, 6) is -2.00. The topological polar surface area (TPSA) is 131 Å². The number of aromatic nitrogens is 5. The van der Waals surface area contributed by atoms with Crippen LogP contribution < -0.4 is 9.80 Å². The van der Waals surface area contributed by atoms with Crippen LogP contribution in [-0.4, -0.2) is 48.0 Å². The summed E-state index contributed by atoms with van der Waals surface area (Å²) in [5, 5.41) is 0.667. The van der Waals surface area contributed by atoms with Crippen LogP contribution in [0.4, 0.5) is 11.9 Å². The molecule has 0 saturated heterocycles. The molecule has 0 spiro atoms. The Labute approximate surface area is 187 Å². The molecule has 11 heteroatoms. The highest BCUT2D eigenvalue weighted by Crippen LogP contribution is 2.36. The van der Waals surface area contributed by atoms with Crippen LogP contribution in [0, 0.1) is 0 Å². The van der Waals surface area contributed by atoms with Crippen molar-refractivity contribution < 1.29 is 19.2 Å². The van der Waals surface area contributed by atoms with Gasteiger partial charge in [0.05, 0.1) is 11.2 Å². The van der Waals surface area contributed by atoms with Crippen molar-refractivity contribution in [1.29, 1.82) is 0 Å². The van der Waals surface area contributed by atoms with Crippen LogP contribution in [-0.2, 0) is 19.2 Å².